The largest absolute Gasteiger partial charge is 0.493 e. The molecule has 2 heterocycles. The van der Waals surface area contributed by atoms with E-state index in [2.05, 4.69) is 16.8 Å². The zero-order valence-electron chi connectivity index (χ0n) is 16.5. The molecule has 0 aliphatic carbocycles. The number of amides is 1. The van der Waals surface area contributed by atoms with Gasteiger partial charge in [-0.1, -0.05) is 13.0 Å². The predicted octanol–water partition coefficient (Wildman–Crippen LogP) is 3.57. The fourth-order valence-corrected chi connectivity index (χ4v) is 3.76. The topological polar surface area (TPSA) is 65.4 Å². The molecule has 0 saturated heterocycles. The quantitative estimate of drug-likeness (QED) is 0.736. The molecule has 146 valence electrons. The molecule has 6 nitrogen and oxygen atoms in total. The first-order valence-electron chi connectivity index (χ1n) is 9.57. The Kier molecular flexibility index (Phi) is 4.94. The highest BCUT2D eigenvalue weighted by Crippen LogP contribution is 2.28. The number of aryl methyl sites for hydroxylation is 1. The average Bonchev–Trinajstić information content (AvgIpc) is 3.08. The highest BCUT2D eigenvalue weighted by atomic mass is 16.5. The molecular weight excluding hydrogens is 354 g/mol. The van der Waals surface area contributed by atoms with Gasteiger partial charge in [-0.25, -0.2) is 4.98 Å². The number of hydrogen-bond acceptors (Lipinski definition) is 4. The first-order valence-corrected chi connectivity index (χ1v) is 9.57. The second-order valence-electron chi connectivity index (χ2n) is 7.35. The molecule has 28 heavy (non-hydrogen) atoms. The molecule has 0 radical (unpaired) electrons. The molecule has 3 aromatic rings. The third-order valence-corrected chi connectivity index (χ3v) is 5.37. The number of methoxy groups -OCH3 is 2. The molecule has 0 unspecified atom stereocenters. The standard InChI is InChI=1S/C22H25N3O3/c1-14-8-9-25-18-6-5-16(12-17(18)24-21(25)10-14)22(26)23-13-15-4-7-19(27-2)20(11-15)28-3/h4-7,11-12,14H,8-10,13H2,1-3H3,(H,23,26)/t14-/m1/s1. The van der Waals surface area contributed by atoms with Crippen LogP contribution in [-0.2, 0) is 19.5 Å². The van der Waals surface area contributed by atoms with E-state index in [9.17, 15) is 4.79 Å². The number of carbonyl (C=O) groups excluding carboxylic acids is 1. The Morgan fingerprint density at radius 3 is 2.79 bits per heavy atom. The summed E-state index contributed by atoms with van der Waals surface area (Å²) in [6, 6.07) is 11.4. The van der Waals surface area contributed by atoms with Gasteiger partial charge in [0.1, 0.15) is 5.82 Å². The molecule has 2 aromatic carbocycles. The molecule has 1 aliphatic heterocycles. The van der Waals surface area contributed by atoms with Gasteiger partial charge in [-0.2, -0.15) is 0 Å². The monoisotopic (exact) mass is 379 g/mol. The molecule has 1 aliphatic rings. The van der Waals surface area contributed by atoms with Crippen LogP contribution in [0.2, 0.25) is 0 Å². The Hall–Kier alpha value is -3.02. The molecule has 0 fully saturated rings. The van der Waals surface area contributed by atoms with E-state index in [1.165, 1.54) is 6.42 Å². The zero-order valence-corrected chi connectivity index (χ0v) is 16.5. The van der Waals surface area contributed by atoms with Crippen molar-refractivity contribution in [2.24, 2.45) is 5.92 Å². The van der Waals surface area contributed by atoms with E-state index in [4.69, 9.17) is 14.5 Å². The molecule has 0 spiro atoms. The number of hydrogen-bond donors (Lipinski definition) is 1. The number of benzene rings is 2. The lowest BCUT2D eigenvalue weighted by Crippen LogP contribution is -2.22. The van der Waals surface area contributed by atoms with Crippen LogP contribution in [0.15, 0.2) is 36.4 Å². The zero-order chi connectivity index (χ0) is 19.7. The number of fused-ring (bicyclic) bond motifs is 3. The molecule has 1 amide bonds. The van der Waals surface area contributed by atoms with E-state index < -0.39 is 0 Å². The van der Waals surface area contributed by atoms with Crippen molar-refractivity contribution in [2.45, 2.75) is 32.9 Å². The summed E-state index contributed by atoms with van der Waals surface area (Å²) in [6.45, 7) is 3.67. The van der Waals surface area contributed by atoms with Crippen molar-refractivity contribution in [2.75, 3.05) is 14.2 Å². The molecule has 6 heteroatoms. The van der Waals surface area contributed by atoms with Crippen LogP contribution in [0.1, 0.15) is 35.1 Å². The summed E-state index contributed by atoms with van der Waals surface area (Å²) in [5.74, 6) is 2.98. The Morgan fingerprint density at radius 1 is 1.18 bits per heavy atom. The maximum atomic E-state index is 12.6. The van der Waals surface area contributed by atoms with Gasteiger partial charge in [0.2, 0.25) is 0 Å². The molecule has 4 rings (SSSR count). The number of nitrogens with one attached hydrogen (secondary N) is 1. The molecule has 1 aromatic heterocycles. The summed E-state index contributed by atoms with van der Waals surface area (Å²) in [6.07, 6.45) is 2.17. The Bertz CT molecular complexity index is 1030. The van der Waals surface area contributed by atoms with Gasteiger partial charge in [-0.05, 0) is 48.2 Å². The minimum atomic E-state index is -0.115. The van der Waals surface area contributed by atoms with Gasteiger partial charge in [-0.15, -0.1) is 0 Å². The normalized spacial score (nSPS) is 15.9. The Labute approximate surface area is 164 Å². The van der Waals surface area contributed by atoms with Crippen molar-refractivity contribution in [1.29, 1.82) is 0 Å². The van der Waals surface area contributed by atoms with Gasteiger partial charge in [0.05, 0.1) is 25.3 Å². The SMILES string of the molecule is COc1ccc(CNC(=O)c2ccc3c(c2)nc2n3CC[C@@H](C)C2)cc1OC. The fourth-order valence-electron chi connectivity index (χ4n) is 3.76. The van der Waals surface area contributed by atoms with Crippen LogP contribution in [0.4, 0.5) is 0 Å². The van der Waals surface area contributed by atoms with Gasteiger partial charge in [0, 0.05) is 25.1 Å². The summed E-state index contributed by atoms with van der Waals surface area (Å²) < 4.78 is 12.8. The van der Waals surface area contributed by atoms with Crippen molar-refractivity contribution in [3.05, 3.63) is 53.3 Å². The summed E-state index contributed by atoms with van der Waals surface area (Å²) in [4.78, 5) is 17.4. The average molecular weight is 379 g/mol. The summed E-state index contributed by atoms with van der Waals surface area (Å²) in [5.41, 5.74) is 3.57. The third-order valence-electron chi connectivity index (χ3n) is 5.37. The van der Waals surface area contributed by atoms with E-state index in [-0.39, 0.29) is 5.91 Å². The fraction of sp³-hybridized carbons (Fsp3) is 0.364. The van der Waals surface area contributed by atoms with Crippen molar-refractivity contribution < 1.29 is 14.3 Å². The molecule has 0 bridgehead atoms. The highest BCUT2D eigenvalue weighted by molar-refractivity contribution is 5.97. The number of rotatable bonds is 5. The number of carbonyl (C=O) groups is 1. The molecule has 1 atom stereocenters. The first-order chi connectivity index (χ1) is 13.6. The maximum Gasteiger partial charge on any atom is 0.251 e. The lowest BCUT2D eigenvalue weighted by atomic mass is 10.0. The smallest absolute Gasteiger partial charge is 0.251 e. The molecular formula is C22H25N3O3. The van der Waals surface area contributed by atoms with Gasteiger partial charge < -0.3 is 19.4 Å². The van der Waals surface area contributed by atoms with E-state index >= 15 is 0 Å². The van der Waals surface area contributed by atoms with E-state index in [0.29, 0.717) is 29.5 Å². The van der Waals surface area contributed by atoms with Crippen molar-refractivity contribution in [3.8, 4) is 11.5 Å². The second kappa shape index (κ2) is 7.54. The van der Waals surface area contributed by atoms with Crippen LogP contribution in [0.25, 0.3) is 11.0 Å². The van der Waals surface area contributed by atoms with Gasteiger partial charge in [0.15, 0.2) is 11.5 Å². The van der Waals surface area contributed by atoms with Crippen LogP contribution in [0.5, 0.6) is 11.5 Å². The van der Waals surface area contributed by atoms with Crippen molar-refractivity contribution in [1.82, 2.24) is 14.9 Å². The van der Waals surface area contributed by atoms with E-state index in [1.54, 1.807) is 14.2 Å². The summed E-state index contributed by atoms with van der Waals surface area (Å²) in [5, 5.41) is 2.97. The third kappa shape index (κ3) is 3.42. The minimum absolute atomic E-state index is 0.115. The van der Waals surface area contributed by atoms with Gasteiger partial charge in [0.25, 0.3) is 5.91 Å². The molecule has 1 N–H and O–H groups in total. The summed E-state index contributed by atoms with van der Waals surface area (Å²) >= 11 is 0. The predicted molar refractivity (Wildman–Crippen MR) is 108 cm³/mol. The van der Waals surface area contributed by atoms with E-state index in [1.807, 2.05) is 36.4 Å². The second-order valence-corrected chi connectivity index (χ2v) is 7.35. The molecule has 0 saturated carbocycles. The highest BCUT2D eigenvalue weighted by Gasteiger charge is 2.19. The first kappa shape index (κ1) is 18.3. The Balaban J connectivity index is 1.50. The van der Waals surface area contributed by atoms with Crippen LogP contribution < -0.4 is 14.8 Å². The van der Waals surface area contributed by atoms with Crippen LogP contribution in [0.3, 0.4) is 0 Å². The van der Waals surface area contributed by atoms with Crippen LogP contribution >= 0.6 is 0 Å². The van der Waals surface area contributed by atoms with Crippen molar-refractivity contribution in [3.63, 3.8) is 0 Å². The van der Waals surface area contributed by atoms with Gasteiger partial charge >= 0.3 is 0 Å². The summed E-state index contributed by atoms with van der Waals surface area (Å²) in [7, 11) is 3.20. The number of nitrogens with zero attached hydrogens (tertiary/aromatic N) is 2. The Morgan fingerprint density at radius 2 is 2.00 bits per heavy atom. The number of aromatic nitrogens is 2. The van der Waals surface area contributed by atoms with Gasteiger partial charge in [-0.3, -0.25) is 4.79 Å². The maximum absolute atomic E-state index is 12.6. The van der Waals surface area contributed by atoms with Crippen LogP contribution in [-0.4, -0.2) is 29.7 Å². The van der Waals surface area contributed by atoms with Crippen LogP contribution in [0, 0.1) is 5.92 Å². The number of ether oxygens (including phenoxy) is 2. The minimum Gasteiger partial charge on any atom is -0.493 e. The lowest BCUT2D eigenvalue weighted by Gasteiger charge is -2.19. The van der Waals surface area contributed by atoms with Crippen molar-refractivity contribution >= 4 is 16.9 Å². The lowest BCUT2D eigenvalue weighted by molar-refractivity contribution is 0.0951. The van der Waals surface area contributed by atoms with E-state index in [0.717, 1.165) is 35.4 Å². The number of imidazole rings is 1.